The number of piperidine rings is 1. The van der Waals surface area contributed by atoms with Gasteiger partial charge >= 0.3 is 6.03 Å². The Kier molecular flexibility index (Phi) is 13.4. The lowest BCUT2D eigenvalue weighted by atomic mass is 9.86. The number of carbonyl (C=O) groups excluding carboxylic acids is 5. The van der Waals surface area contributed by atoms with Crippen LogP contribution in [0.4, 0.5) is 4.79 Å². The number of ketones is 1. The number of rotatable bonds is 9. The molecule has 1 saturated carbocycles. The number of hydrogen-bond donors (Lipinski definition) is 4. The van der Waals surface area contributed by atoms with Crippen molar-refractivity contribution >= 4 is 50.9 Å². The van der Waals surface area contributed by atoms with Crippen LogP contribution in [-0.4, -0.2) is 98.0 Å². The van der Waals surface area contributed by atoms with Crippen LogP contribution in [0.3, 0.4) is 0 Å². The summed E-state index contributed by atoms with van der Waals surface area (Å²) in [6.45, 7) is 12.2. The molecule has 1 aromatic rings. The molecule has 3 heterocycles. The molecule has 2 aliphatic heterocycles. The number of sulfonamides is 1. The zero-order valence-corrected chi connectivity index (χ0v) is 32.9. The fraction of sp³-hybridized carbons (Fsp3) is 0.750. The van der Waals surface area contributed by atoms with Crippen molar-refractivity contribution in [3.05, 3.63) is 17.5 Å². The molecular weight excluding hydrogens is 693 g/mol. The van der Waals surface area contributed by atoms with E-state index in [9.17, 15) is 32.4 Å². The maximum Gasteiger partial charge on any atom is 0.315 e. The van der Waals surface area contributed by atoms with Crippen molar-refractivity contribution in [2.45, 2.75) is 128 Å². The van der Waals surface area contributed by atoms with Gasteiger partial charge in [-0.15, -0.1) is 11.3 Å². The van der Waals surface area contributed by atoms with E-state index in [-0.39, 0.29) is 40.5 Å². The number of nitrogens with one attached hydrogen (secondary N) is 4. The van der Waals surface area contributed by atoms with Crippen molar-refractivity contribution in [3.63, 3.8) is 0 Å². The molecule has 4 N–H and O–H groups in total. The number of carbonyl (C=O) groups is 5. The summed E-state index contributed by atoms with van der Waals surface area (Å²) in [6.07, 6.45) is 6.69. The fourth-order valence-corrected chi connectivity index (χ4v) is 9.98. The van der Waals surface area contributed by atoms with Gasteiger partial charge in [-0.1, -0.05) is 85.6 Å². The molecule has 5 amide bonds. The number of urea groups is 1. The van der Waals surface area contributed by atoms with Crippen LogP contribution >= 0.6 is 11.3 Å². The summed E-state index contributed by atoms with van der Waals surface area (Å²) in [7, 11) is -2.28. The molecule has 0 radical (unpaired) electrons. The molecule has 0 spiro atoms. The molecule has 51 heavy (non-hydrogen) atoms. The lowest BCUT2D eigenvalue weighted by Crippen LogP contribution is -2.60. The zero-order chi connectivity index (χ0) is 37.7. The molecule has 286 valence electrons. The highest BCUT2D eigenvalue weighted by Crippen LogP contribution is 2.65. The Morgan fingerprint density at radius 1 is 1.06 bits per heavy atom. The number of thiophene rings is 1. The second-order valence-corrected chi connectivity index (χ2v) is 19.3. The van der Waals surface area contributed by atoms with Crippen LogP contribution in [0, 0.1) is 22.7 Å². The number of Topliss-reactive ketones (excluding diaryl/α,β-unsaturated/α-hetero) is 1. The quantitative estimate of drug-likeness (QED) is 0.279. The highest BCUT2D eigenvalue weighted by Gasteiger charge is 2.69. The normalized spacial score (nSPS) is 26.7. The van der Waals surface area contributed by atoms with Crippen LogP contribution in [0.2, 0.25) is 0 Å². The maximum atomic E-state index is 14.4. The van der Waals surface area contributed by atoms with Crippen LogP contribution in [0.25, 0.3) is 0 Å². The molecule has 0 bridgehead atoms. The van der Waals surface area contributed by atoms with E-state index < -0.39 is 63.2 Å². The molecule has 1 aliphatic carbocycles. The van der Waals surface area contributed by atoms with Crippen LogP contribution in [-0.2, 0) is 29.2 Å². The third kappa shape index (κ3) is 9.69. The zero-order valence-electron chi connectivity index (χ0n) is 31.3. The predicted octanol–water partition coefficient (Wildman–Crippen LogP) is 3.65. The van der Waals surface area contributed by atoms with E-state index in [1.54, 1.807) is 29.3 Å². The standard InChI is InChI=1S/C36H58N6O7S2/c1-8-37-32(45)30(43)24-17-14-12-10-9-11-13-15-18-25(33(46)42-21-23-28(36(23,5)6)29(42)31(44)38-24)39-34(47)40-26(35(2,3)4)22-41(7)51(48,49)27-19-16-20-50-27/h16,19-20,23-26,28-29H,8-15,17-18,21-22H2,1-7H3,(H,37,45)(H,38,44)(H2,39,40,47)/t23-,24+,25+,26+,28-,29-/m0/s1. The monoisotopic (exact) mass is 750 g/mol. The molecule has 3 fully saturated rings. The number of fused-ring (bicyclic) bond motifs is 3. The summed E-state index contributed by atoms with van der Waals surface area (Å²) >= 11 is 1.13. The van der Waals surface area contributed by atoms with Crippen molar-refractivity contribution in [2.75, 3.05) is 26.7 Å². The molecule has 3 aliphatic rings. The smallest absolute Gasteiger partial charge is 0.315 e. The minimum atomic E-state index is -3.76. The van der Waals surface area contributed by atoms with Crippen LogP contribution in [0.15, 0.2) is 21.7 Å². The van der Waals surface area contributed by atoms with Crippen molar-refractivity contribution in [1.82, 2.24) is 30.5 Å². The lowest BCUT2D eigenvalue weighted by Gasteiger charge is -2.36. The van der Waals surface area contributed by atoms with Crippen LogP contribution in [0.5, 0.6) is 0 Å². The van der Waals surface area contributed by atoms with Gasteiger partial charge < -0.3 is 26.2 Å². The van der Waals surface area contributed by atoms with Crippen LogP contribution < -0.4 is 21.3 Å². The third-order valence-corrected chi connectivity index (χ3v) is 14.2. The Morgan fingerprint density at radius 3 is 2.27 bits per heavy atom. The molecule has 4 rings (SSSR count). The minimum absolute atomic E-state index is 0.0126. The first-order valence-electron chi connectivity index (χ1n) is 18.4. The van der Waals surface area contributed by atoms with E-state index >= 15 is 0 Å². The second-order valence-electron chi connectivity index (χ2n) is 16.0. The van der Waals surface area contributed by atoms with E-state index in [2.05, 4.69) is 35.1 Å². The molecule has 6 atom stereocenters. The molecule has 0 aromatic carbocycles. The topological polar surface area (TPSA) is 174 Å². The minimum Gasteiger partial charge on any atom is -0.350 e. The number of amides is 5. The van der Waals surface area contributed by atoms with Crippen molar-refractivity contribution in [1.29, 1.82) is 0 Å². The van der Waals surface area contributed by atoms with Crippen molar-refractivity contribution < 1.29 is 32.4 Å². The first-order chi connectivity index (χ1) is 23.9. The molecule has 15 heteroatoms. The van der Waals surface area contributed by atoms with Crippen LogP contribution in [0.1, 0.15) is 99.3 Å². The summed E-state index contributed by atoms with van der Waals surface area (Å²) in [5.41, 5.74) is -0.720. The highest BCUT2D eigenvalue weighted by atomic mass is 32.2. The Morgan fingerprint density at radius 2 is 1.69 bits per heavy atom. The van der Waals surface area contributed by atoms with Crippen molar-refractivity contribution in [2.24, 2.45) is 22.7 Å². The first kappa shape index (κ1) is 40.7. The number of nitrogens with zero attached hydrogens (tertiary/aromatic N) is 2. The Balaban J connectivity index is 1.55. The SMILES string of the molecule is CCNC(=O)C(=O)[C@H]1CCCCCCCCC[C@@H](NC(=O)N[C@H](CN(C)S(=O)(=O)c2cccs2)C(C)(C)C)C(=O)N2C[C@H]3[C@@H]([C@H]2C(=O)N1)C3(C)C. The fourth-order valence-electron chi connectivity index (χ4n) is 7.60. The average molecular weight is 751 g/mol. The van der Waals surface area contributed by atoms with E-state index in [0.29, 0.717) is 32.2 Å². The molecule has 13 nitrogen and oxygen atoms in total. The average Bonchev–Trinajstić information content (AvgIpc) is 3.51. The summed E-state index contributed by atoms with van der Waals surface area (Å²) < 4.78 is 27.8. The van der Waals surface area contributed by atoms with Gasteiger partial charge in [-0.25, -0.2) is 13.2 Å². The molecule has 1 aromatic heterocycles. The van der Waals surface area contributed by atoms with Gasteiger partial charge in [0.05, 0.1) is 6.04 Å². The first-order valence-corrected chi connectivity index (χ1v) is 20.7. The summed E-state index contributed by atoms with van der Waals surface area (Å²) in [4.78, 5) is 69.4. The second kappa shape index (κ2) is 16.7. The summed E-state index contributed by atoms with van der Waals surface area (Å²) in [5, 5.41) is 13.0. The van der Waals surface area contributed by atoms with Gasteiger partial charge in [0.2, 0.25) is 17.6 Å². The van der Waals surface area contributed by atoms with E-state index in [4.69, 9.17) is 0 Å². The Bertz CT molecular complexity index is 1520. The van der Waals surface area contributed by atoms with E-state index in [1.807, 2.05) is 20.8 Å². The van der Waals surface area contributed by atoms with E-state index in [1.165, 1.54) is 11.4 Å². The molecule has 0 unspecified atom stereocenters. The maximum absolute atomic E-state index is 14.4. The lowest BCUT2D eigenvalue weighted by molar-refractivity contribution is -0.144. The van der Waals surface area contributed by atoms with Gasteiger partial charge in [-0.05, 0) is 53.9 Å². The van der Waals surface area contributed by atoms with E-state index in [0.717, 1.165) is 43.4 Å². The Hall–Kier alpha value is -3.04. The number of hydrogen-bond acceptors (Lipinski definition) is 8. The Labute approximate surface area is 307 Å². The van der Waals surface area contributed by atoms with Crippen molar-refractivity contribution in [3.8, 4) is 0 Å². The van der Waals surface area contributed by atoms with Gasteiger partial charge in [0, 0.05) is 32.7 Å². The number of likely N-dealkylation sites (N-methyl/N-ethyl adjacent to an activating group) is 2. The molecular formula is C36H58N6O7S2. The van der Waals surface area contributed by atoms with Gasteiger partial charge in [0.25, 0.3) is 15.9 Å². The van der Waals surface area contributed by atoms with Gasteiger partial charge in [0.1, 0.15) is 16.3 Å². The highest BCUT2D eigenvalue weighted by molar-refractivity contribution is 7.91. The third-order valence-electron chi connectivity index (χ3n) is 11.0. The predicted molar refractivity (Wildman–Crippen MR) is 196 cm³/mol. The summed E-state index contributed by atoms with van der Waals surface area (Å²) in [6, 6.07) is -0.739. The van der Waals surface area contributed by atoms with Gasteiger partial charge in [0.15, 0.2) is 0 Å². The largest absolute Gasteiger partial charge is 0.350 e. The van der Waals surface area contributed by atoms with Gasteiger partial charge in [-0.3, -0.25) is 19.2 Å². The molecule has 2 saturated heterocycles. The van der Waals surface area contributed by atoms with Gasteiger partial charge in [-0.2, -0.15) is 4.31 Å². The summed E-state index contributed by atoms with van der Waals surface area (Å²) in [5.74, 6) is -2.29.